The maximum absolute atomic E-state index is 13.6. The van der Waals surface area contributed by atoms with Gasteiger partial charge in [-0.05, 0) is 53.4 Å². The van der Waals surface area contributed by atoms with Crippen molar-refractivity contribution in [3.05, 3.63) is 89.7 Å². The average Bonchev–Trinajstić information content (AvgIpc) is 3.29. The molecule has 1 spiro atoms. The van der Waals surface area contributed by atoms with Gasteiger partial charge in [-0.2, -0.15) is 4.31 Å². The zero-order chi connectivity index (χ0) is 21.5. The summed E-state index contributed by atoms with van der Waals surface area (Å²) in [4.78, 5) is 6.88. The summed E-state index contributed by atoms with van der Waals surface area (Å²) >= 11 is 0. The molecular formula is C24H25N3O3S. The average molecular weight is 436 g/mol. The number of hydrogen-bond donors (Lipinski definition) is 0. The molecule has 160 valence electrons. The molecule has 2 aliphatic heterocycles. The molecule has 0 aliphatic carbocycles. The second-order valence-corrected chi connectivity index (χ2v) is 10.0. The molecule has 2 aliphatic rings. The molecular weight excluding hydrogens is 410 g/mol. The molecule has 1 atom stereocenters. The Bertz CT molecular complexity index is 1180. The predicted octanol–water partition coefficient (Wildman–Crippen LogP) is 3.40. The topological polar surface area (TPSA) is 62.7 Å². The molecule has 0 saturated carbocycles. The summed E-state index contributed by atoms with van der Waals surface area (Å²) in [5, 5.41) is 0. The molecule has 31 heavy (non-hydrogen) atoms. The molecule has 0 radical (unpaired) electrons. The third kappa shape index (κ3) is 3.43. The normalized spacial score (nSPS) is 22.6. The quantitative estimate of drug-likeness (QED) is 0.615. The van der Waals surface area contributed by atoms with Gasteiger partial charge < -0.3 is 4.74 Å². The highest BCUT2D eigenvalue weighted by Gasteiger charge is 2.56. The van der Waals surface area contributed by atoms with E-state index < -0.39 is 15.6 Å². The van der Waals surface area contributed by atoms with Crippen molar-refractivity contribution in [1.29, 1.82) is 0 Å². The minimum Gasteiger partial charge on any atom is -0.497 e. The first-order chi connectivity index (χ1) is 15.0. The van der Waals surface area contributed by atoms with Crippen LogP contribution in [0.4, 0.5) is 0 Å². The van der Waals surface area contributed by atoms with Gasteiger partial charge in [0, 0.05) is 38.6 Å². The standard InChI is InChI=1S/C24H25N3O3S/c1-30-21-8-6-19(7-9-21)17-27-24(22-4-2-3-5-23(22)31(27,28)29)12-15-26(18-24)16-20-10-13-25-14-11-20/h2-11,13-14H,12,15-18H2,1H3/t24-/m1/s1. The van der Waals surface area contributed by atoms with Crippen molar-refractivity contribution in [2.75, 3.05) is 20.2 Å². The molecule has 0 unspecified atom stereocenters. The van der Waals surface area contributed by atoms with E-state index in [1.807, 2.05) is 54.6 Å². The number of pyridine rings is 1. The second kappa shape index (κ2) is 7.75. The van der Waals surface area contributed by atoms with E-state index in [1.54, 1.807) is 29.9 Å². The number of aromatic nitrogens is 1. The Morgan fingerprint density at radius 3 is 2.42 bits per heavy atom. The zero-order valence-corrected chi connectivity index (χ0v) is 18.3. The van der Waals surface area contributed by atoms with Gasteiger partial charge in [-0.15, -0.1) is 0 Å². The molecule has 5 rings (SSSR count). The fourth-order valence-corrected chi connectivity index (χ4v) is 6.92. The number of methoxy groups -OCH3 is 1. The third-order valence-corrected chi connectivity index (χ3v) is 8.37. The summed E-state index contributed by atoms with van der Waals surface area (Å²) in [7, 11) is -1.96. The number of rotatable bonds is 5. The lowest BCUT2D eigenvalue weighted by Crippen LogP contribution is -2.45. The molecule has 2 aromatic carbocycles. The Kier molecular flexibility index (Phi) is 5.04. The molecule has 7 heteroatoms. The molecule has 0 N–H and O–H groups in total. The molecule has 0 bridgehead atoms. The van der Waals surface area contributed by atoms with Crippen LogP contribution in [0.1, 0.15) is 23.1 Å². The van der Waals surface area contributed by atoms with Gasteiger partial charge in [-0.3, -0.25) is 9.88 Å². The van der Waals surface area contributed by atoms with Crippen molar-refractivity contribution in [2.24, 2.45) is 0 Å². The highest BCUT2D eigenvalue weighted by atomic mass is 32.2. The largest absolute Gasteiger partial charge is 0.497 e. The van der Waals surface area contributed by atoms with Gasteiger partial charge >= 0.3 is 0 Å². The maximum Gasteiger partial charge on any atom is 0.244 e. The number of fused-ring (bicyclic) bond motifs is 2. The lowest BCUT2D eigenvalue weighted by molar-refractivity contribution is 0.184. The van der Waals surface area contributed by atoms with Crippen LogP contribution in [0.25, 0.3) is 0 Å². The lowest BCUT2D eigenvalue weighted by Gasteiger charge is -2.34. The molecule has 0 amide bonds. The van der Waals surface area contributed by atoms with E-state index >= 15 is 0 Å². The number of nitrogens with zero attached hydrogens (tertiary/aromatic N) is 3. The van der Waals surface area contributed by atoms with Crippen molar-refractivity contribution in [3.63, 3.8) is 0 Å². The Hall–Kier alpha value is -2.74. The highest BCUT2D eigenvalue weighted by molar-refractivity contribution is 7.89. The summed E-state index contributed by atoms with van der Waals surface area (Å²) in [6, 6.07) is 19.1. The molecule has 1 fully saturated rings. The Balaban J connectivity index is 1.51. The first-order valence-electron chi connectivity index (χ1n) is 10.4. The van der Waals surface area contributed by atoms with Crippen LogP contribution in [0, 0.1) is 0 Å². The summed E-state index contributed by atoms with van der Waals surface area (Å²) in [5.41, 5.74) is 2.50. The molecule has 1 aromatic heterocycles. The van der Waals surface area contributed by atoms with Crippen LogP contribution in [0.3, 0.4) is 0 Å². The van der Waals surface area contributed by atoms with Gasteiger partial charge in [0.2, 0.25) is 10.0 Å². The van der Waals surface area contributed by atoms with E-state index in [4.69, 9.17) is 4.74 Å². The fraction of sp³-hybridized carbons (Fsp3) is 0.292. The third-order valence-electron chi connectivity index (χ3n) is 6.40. The predicted molar refractivity (Wildman–Crippen MR) is 118 cm³/mol. The van der Waals surface area contributed by atoms with Crippen molar-refractivity contribution < 1.29 is 13.2 Å². The second-order valence-electron chi connectivity index (χ2n) is 8.20. The first kappa shape index (κ1) is 20.2. The number of sulfonamides is 1. The van der Waals surface area contributed by atoms with E-state index in [2.05, 4.69) is 9.88 Å². The maximum atomic E-state index is 13.6. The van der Waals surface area contributed by atoms with Crippen LogP contribution in [0.15, 0.2) is 78.0 Å². The van der Waals surface area contributed by atoms with E-state index in [1.165, 1.54) is 5.56 Å². The highest BCUT2D eigenvalue weighted by Crippen LogP contribution is 2.50. The van der Waals surface area contributed by atoms with Crippen molar-refractivity contribution >= 4 is 10.0 Å². The van der Waals surface area contributed by atoms with Crippen LogP contribution in [0.2, 0.25) is 0 Å². The van der Waals surface area contributed by atoms with Gasteiger partial charge in [0.15, 0.2) is 0 Å². The van der Waals surface area contributed by atoms with Crippen LogP contribution in [0.5, 0.6) is 5.75 Å². The van der Waals surface area contributed by atoms with Crippen molar-refractivity contribution in [1.82, 2.24) is 14.2 Å². The summed E-state index contributed by atoms with van der Waals surface area (Å²) < 4.78 is 34.2. The van der Waals surface area contributed by atoms with E-state index in [-0.39, 0.29) is 0 Å². The summed E-state index contributed by atoms with van der Waals surface area (Å²) in [6.07, 6.45) is 4.36. The minimum atomic E-state index is -3.58. The SMILES string of the molecule is COc1ccc(CN2[C@@]3(CCN(Cc4ccncc4)C3)c3ccccc3S2(=O)=O)cc1. The molecule has 3 heterocycles. The first-order valence-corrected chi connectivity index (χ1v) is 11.8. The van der Waals surface area contributed by atoms with Gasteiger partial charge in [0.25, 0.3) is 0 Å². The Morgan fingerprint density at radius 2 is 1.68 bits per heavy atom. The summed E-state index contributed by atoms with van der Waals surface area (Å²) in [5.74, 6) is 0.760. The van der Waals surface area contributed by atoms with Crippen molar-refractivity contribution in [3.8, 4) is 5.75 Å². The van der Waals surface area contributed by atoms with Crippen molar-refractivity contribution in [2.45, 2.75) is 29.9 Å². The van der Waals surface area contributed by atoms with Gasteiger partial charge in [-0.25, -0.2) is 8.42 Å². The van der Waals surface area contributed by atoms with Crippen LogP contribution in [-0.4, -0.2) is 42.8 Å². The Morgan fingerprint density at radius 1 is 0.968 bits per heavy atom. The van der Waals surface area contributed by atoms with Crippen LogP contribution < -0.4 is 4.74 Å². The van der Waals surface area contributed by atoms with E-state index in [9.17, 15) is 8.42 Å². The fourth-order valence-electron chi connectivity index (χ4n) is 4.87. The minimum absolute atomic E-state index is 0.337. The lowest BCUT2D eigenvalue weighted by atomic mass is 9.88. The number of benzene rings is 2. The van der Waals surface area contributed by atoms with E-state index in [0.29, 0.717) is 18.0 Å². The zero-order valence-electron chi connectivity index (χ0n) is 17.4. The number of hydrogen-bond acceptors (Lipinski definition) is 5. The number of likely N-dealkylation sites (tertiary alicyclic amines) is 1. The molecule has 6 nitrogen and oxygen atoms in total. The smallest absolute Gasteiger partial charge is 0.244 e. The Labute approximate surface area is 183 Å². The van der Waals surface area contributed by atoms with Gasteiger partial charge in [0.1, 0.15) is 5.75 Å². The molecule has 3 aromatic rings. The van der Waals surface area contributed by atoms with Gasteiger partial charge in [0.05, 0.1) is 17.5 Å². The van der Waals surface area contributed by atoms with Crippen LogP contribution >= 0.6 is 0 Å². The van der Waals surface area contributed by atoms with Crippen LogP contribution in [-0.2, 0) is 28.7 Å². The summed E-state index contributed by atoms with van der Waals surface area (Å²) in [6.45, 7) is 2.62. The monoisotopic (exact) mass is 435 g/mol. The molecule has 1 saturated heterocycles. The van der Waals surface area contributed by atoms with E-state index in [0.717, 1.165) is 36.4 Å². The van der Waals surface area contributed by atoms with Gasteiger partial charge in [-0.1, -0.05) is 30.3 Å². The number of ether oxygens (including phenoxy) is 1.